The minimum Gasteiger partial charge on any atom is -0.495 e. The first-order valence-electron chi connectivity index (χ1n) is 8.85. The number of nitrogens with one attached hydrogen (secondary N) is 2. The van der Waals surface area contributed by atoms with E-state index in [0.717, 1.165) is 22.7 Å². The van der Waals surface area contributed by atoms with E-state index in [1.54, 1.807) is 13.3 Å². The summed E-state index contributed by atoms with van der Waals surface area (Å²) in [6.07, 6.45) is 1.61. The summed E-state index contributed by atoms with van der Waals surface area (Å²) in [4.78, 5) is 4.54. The van der Waals surface area contributed by atoms with Crippen molar-refractivity contribution in [1.82, 2.24) is 15.2 Å². The molecule has 140 valence electrons. The van der Waals surface area contributed by atoms with Gasteiger partial charge in [0.05, 0.1) is 19.0 Å². The van der Waals surface area contributed by atoms with Gasteiger partial charge in [-0.2, -0.15) is 10.1 Å². The van der Waals surface area contributed by atoms with Gasteiger partial charge in [-0.3, -0.25) is 0 Å². The molecule has 0 spiro atoms. The first-order valence-corrected chi connectivity index (χ1v) is 8.85. The quantitative estimate of drug-likeness (QED) is 0.666. The number of aryl methyl sites for hydroxylation is 1. The molecule has 6 heteroatoms. The molecule has 0 amide bonds. The molecule has 1 heterocycles. The van der Waals surface area contributed by atoms with E-state index in [1.807, 2.05) is 43.3 Å². The molecule has 27 heavy (non-hydrogen) atoms. The summed E-state index contributed by atoms with van der Waals surface area (Å²) in [5, 5.41) is 14.7. The molecule has 3 aromatic rings. The SMILES string of the molecule is COc1ccc(C)cc1Nc1nncc(Nc2ccccc2C(C)(C)C)n1. The fourth-order valence-corrected chi connectivity index (χ4v) is 2.84. The van der Waals surface area contributed by atoms with Gasteiger partial charge in [0, 0.05) is 5.69 Å². The molecule has 0 saturated heterocycles. The lowest BCUT2D eigenvalue weighted by molar-refractivity contribution is 0.416. The topological polar surface area (TPSA) is 72.0 Å². The zero-order chi connectivity index (χ0) is 19.4. The van der Waals surface area contributed by atoms with E-state index < -0.39 is 0 Å². The van der Waals surface area contributed by atoms with Gasteiger partial charge < -0.3 is 15.4 Å². The maximum Gasteiger partial charge on any atom is 0.249 e. The molecule has 2 N–H and O–H groups in total. The fourth-order valence-electron chi connectivity index (χ4n) is 2.84. The summed E-state index contributed by atoms with van der Waals surface area (Å²) < 4.78 is 5.40. The van der Waals surface area contributed by atoms with E-state index in [1.165, 1.54) is 5.56 Å². The predicted octanol–water partition coefficient (Wildman–Crippen LogP) is 4.97. The van der Waals surface area contributed by atoms with Crippen LogP contribution in [0.3, 0.4) is 0 Å². The summed E-state index contributed by atoms with van der Waals surface area (Å²) in [5.74, 6) is 1.74. The third-order valence-electron chi connectivity index (χ3n) is 4.16. The van der Waals surface area contributed by atoms with E-state index in [2.05, 4.69) is 52.7 Å². The minimum absolute atomic E-state index is 0.0140. The van der Waals surface area contributed by atoms with Crippen LogP contribution in [-0.4, -0.2) is 22.3 Å². The Kier molecular flexibility index (Phi) is 5.26. The van der Waals surface area contributed by atoms with Gasteiger partial charge in [0.2, 0.25) is 5.95 Å². The number of anilines is 4. The summed E-state index contributed by atoms with van der Waals surface area (Å²) in [6, 6.07) is 14.1. The van der Waals surface area contributed by atoms with E-state index in [0.29, 0.717) is 11.8 Å². The van der Waals surface area contributed by atoms with Crippen LogP contribution >= 0.6 is 0 Å². The van der Waals surface area contributed by atoms with Crippen molar-refractivity contribution in [2.75, 3.05) is 17.7 Å². The van der Waals surface area contributed by atoms with Gasteiger partial charge in [-0.25, -0.2) is 0 Å². The Bertz CT molecular complexity index is 934. The van der Waals surface area contributed by atoms with Crippen molar-refractivity contribution in [3.05, 3.63) is 59.8 Å². The number of benzene rings is 2. The lowest BCUT2D eigenvalue weighted by Crippen LogP contribution is -2.14. The van der Waals surface area contributed by atoms with Crippen molar-refractivity contribution in [2.24, 2.45) is 0 Å². The number of methoxy groups -OCH3 is 1. The Morgan fingerprint density at radius 3 is 2.48 bits per heavy atom. The summed E-state index contributed by atoms with van der Waals surface area (Å²) in [6.45, 7) is 8.57. The van der Waals surface area contributed by atoms with Crippen LogP contribution in [0, 0.1) is 6.92 Å². The second-order valence-electron chi connectivity index (χ2n) is 7.41. The molecule has 0 bridgehead atoms. The average Bonchev–Trinajstić information content (AvgIpc) is 2.62. The lowest BCUT2D eigenvalue weighted by Gasteiger charge is -2.23. The van der Waals surface area contributed by atoms with Crippen molar-refractivity contribution >= 4 is 23.1 Å². The van der Waals surface area contributed by atoms with E-state index in [4.69, 9.17) is 4.74 Å². The van der Waals surface area contributed by atoms with E-state index in [9.17, 15) is 0 Å². The zero-order valence-electron chi connectivity index (χ0n) is 16.4. The van der Waals surface area contributed by atoms with Gasteiger partial charge in [-0.1, -0.05) is 45.0 Å². The first-order chi connectivity index (χ1) is 12.9. The number of ether oxygens (including phenoxy) is 1. The Morgan fingerprint density at radius 2 is 1.74 bits per heavy atom. The van der Waals surface area contributed by atoms with Crippen LogP contribution in [0.5, 0.6) is 5.75 Å². The third kappa shape index (κ3) is 4.53. The Balaban J connectivity index is 1.87. The number of rotatable bonds is 5. The molecule has 0 aliphatic rings. The highest BCUT2D eigenvalue weighted by atomic mass is 16.5. The number of hydrogen-bond donors (Lipinski definition) is 2. The zero-order valence-corrected chi connectivity index (χ0v) is 16.4. The molecule has 0 aliphatic carbocycles. The normalized spacial score (nSPS) is 11.1. The fraction of sp³-hybridized carbons (Fsp3) is 0.286. The number of nitrogens with zero attached hydrogens (tertiary/aromatic N) is 3. The Hall–Kier alpha value is -3.15. The summed E-state index contributed by atoms with van der Waals surface area (Å²) in [5.41, 5.74) is 4.13. The largest absolute Gasteiger partial charge is 0.495 e. The number of para-hydroxylation sites is 1. The van der Waals surface area contributed by atoms with Gasteiger partial charge in [0.15, 0.2) is 5.82 Å². The molecule has 6 nitrogen and oxygen atoms in total. The van der Waals surface area contributed by atoms with Gasteiger partial charge >= 0.3 is 0 Å². The molecule has 0 unspecified atom stereocenters. The Labute approximate surface area is 160 Å². The van der Waals surface area contributed by atoms with Gasteiger partial charge in [-0.05, 0) is 41.7 Å². The second kappa shape index (κ2) is 7.61. The maximum absolute atomic E-state index is 5.40. The van der Waals surface area contributed by atoms with E-state index in [-0.39, 0.29) is 5.41 Å². The van der Waals surface area contributed by atoms with Gasteiger partial charge in [0.1, 0.15) is 5.75 Å². The highest BCUT2D eigenvalue weighted by molar-refractivity contribution is 5.66. The average molecular weight is 363 g/mol. The summed E-state index contributed by atoms with van der Waals surface area (Å²) >= 11 is 0. The smallest absolute Gasteiger partial charge is 0.249 e. The van der Waals surface area contributed by atoms with Gasteiger partial charge in [0.25, 0.3) is 0 Å². The molecule has 3 rings (SSSR count). The van der Waals surface area contributed by atoms with Crippen LogP contribution in [0.4, 0.5) is 23.1 Å². The lowest BCUT2D eigenvalue weighted by atomic mass is 9.86. The molecular formula is C21H25N5O. The molecule has 0 aliphatic heterocycles. The molecule has 0 fully saturated rings. The molecule has 0 radical (unpaired) electrons. The molecule has 1 aromatic heterocycles. The minimum atomic E-state index is 0.0140. The summed E-state index contributed by atoms with van der Waals surface area (Å²) in [7, 11) is 1.64. The van der Waals surface area contributed by atoms with Crippen molar-refractivity contribution in [3.8, 4) is 5.75 Å². The van der Waals surface area contributed by atoms with Crippen LogP contribution in [0.15, 0.2) is 48.7 Å². The maximum atomic E-state index is 5.40. The van der Waals surface area contributed by atoms with Crippen molar-refractivity contribution < 1.29 is 4.74 Å². The van der Waals surface area contributed by atoms with Crippen molar-refractivity contribution in [2.45, 2.75) is 33.1 Å². The second-order valence-corrected chi connectivity index (χ2v) is 7.41. The first kappa shape index (κ1) is 18.6. The van der Waals surface area contributed by atoms with Crippen molar-refractivity contribution in [3.63, 3.8) is 0 Å². The van der Waals surface area contributed by atoms with Crippen LogP contribution in [0.1, 0.15) is 31.9 Å². The molecule has 2 aromatic carbocycles. The van der Waals surface area contributed by atoms with Crippen LogP contribution in [-0.2, 0) is 5.41 Å². The van der Waals surface area contributed by atoms with Gasteiger partial charge in [-0.15, -0.1) is 5.10 Å². The van der Waals surface area contributed by atoms with Crippen LogP contribution < -0.4 is 15.4 Å². The third-order valence-corrected chi connectivity index (χ3v) is 4.16. The number of aromatic nitrogens is 3. The Morgan fingerprint density at radius 1 is 0.963 bits per heavy atom. The van der Waals surface area contributed by atoms with Crippen LogP contribution in [0.25, 0.3) is 0 Å². The van der Waals surface area contributed by atoms with Crippen molar-refractivity contribution in [1.29, 1.82) is 0 Å². The predicted molar refractivity (Wildman–Crippen MR) is 109 cm³/mol. The molecule has 0 atom stereocenters. The van der Waals surface area contributed by atoms with E-state index >= 15 is 0 Å². The monoisotopic (exact) mass is 363 g/mol. The highest BCUT2D eigenvalue weighted by Crippen LogP contribution is 2.31. The standard InChI is InChI=1S/C21H25N5O/c1-14-10-11-18(27-5)17(12-14)24-20-25-19(13-22-26-20)23-16-9-7-6-8-15(16)21(2,3)4/h6-13H,1-5H3,(H2,23,24,25,26). The number of hydrogen-bond acceptors (Lipinski definition) is 6. The molecule has 0 saturated carbocycles. The molecular weight excluding hydrogens is 338 g/mol. The highest BCUT2D eigenvalue weighted by Gasteiger charge is 2.18. The van der Waals surface area contributed by atoms with Crippen LogP contribution in [0.2, 0.25) is 0 Å².